The Bertz CT molecular complexity index is 1270. The van der Waals surface area contributed by atoms with Gasteiger partial charge >= 0.3 is 0 Å². The second-order valence-electron chi connectivity index (χ2n) is 11.5. The largest absolute Gasteiger partial charge is 0.373 e. The van der Waals surface area contributed by atoms with Crippen molar-refractivity contribution in [3.05, 3.63) is 95.6 Å². The van der Waals surface area contributed by atoms with Gasteiger partial charge in [0.25, 0.3) is 0 Å². The second-order valence-corrected chi connectivity index (χ2v) is 11.5. The Balaban J connectivity index is 1.41. The van der Waals surface area contributed by atoms with Crippen LogP contribution < -0.4 is 9.80 Å². The molecule has 0 bridgehead atoms. The number of hydrogen-bond donors (Lipinski definition) is 0. The van der Waals surface area contributed by atoms with E-state index < -0.39 is 5.79 Å². The molecule has 180 valence electrons. The average molecular weight is 467 g/mol. The van der Waals surface area contributed by atoms with Crippen LogP contribution in [0, 0.1) is 0 Å². The van der Waals surface area contributed by atoms with Gasteiger partial charge in [-0.2, -0.15) is 0 Å². The quantitative estimate of drug-likeness (QED) is 0.488. The van der Waals surface area contributed by atoms with Gasteiger partial charge < -0.3 is 19.3 Å². The minimum absolute atomic E-state index is 0.0369. The molecule has 4 atom stereocenters. The summed E-state index contributed by atoms with van der Waals surface area (Å²) >= 11 is 0. The number of likely N-dealkylation sites (N-methyl/N-ethyl adjacent to an activating group) is 1. The molecule has 4 aliphatic rings. The fourth-order valence-corrected chi connectivity index (χ4v) is 7.88. The highest BCUT2D eigenvalue weighted by molar-refractivity contribution is 5.71. The number of hydrogen-bond acceptors (Lipinski definition) is 4. The van der Waals surface area contributed by atoms with Crippen LogP contribution in [0.2, 0.25) is 0 Å². The molecule has 1 saturated heterocycles. The third-order valence-electron chi connectivity index (χ3n) is 9.08. The van der Waals surface area contributed by atoms with Gasteiger partial charge in [-0.25, -0.2) is 0 Å². The maximum atomic E-state index is 6.57. The van der Waals surface area contributed by atoms with Gasteiger partial charge in [0.2, 0.25) is 0 Å². The molecule has 0 unspecified atom stereocenters. The maximum Gasteiger partial charge on any atom is 0.163 e. The highest BCUT2D eigenvalue weighted by Gasteiger charge is 2.67. The second kappa shape index (κ2) is 7.35. The van der Waals surface area contributed by atoms with E-state index in [4.69, 9.17) is 9.47 Å². The van der Waals surface area contributed by atoms with Gasteiger partial charge in [-0.1, -0.05) is 66.7 Å². The SMILES string of the molecule is CN1C[C@]2(C[C@H]3OC(C)(C)O[C@@H]3C[C@]23CN(Cc2ccccc2)c2ccccc23)c2ccccc21. The molecule has 4 nitrogen and oxygen atoms in total. The smallest absolute Gasteiger partial charge is 0.163 e. The van der Waals surface area contributed by atoms with E-state index in [1.54, 1.807) is 0 Å². The van der Waals surface area contributed by atoms with Crippen LogP contribution >= 0.6 is 0 Å². The zero-order valence-corrected chi connectivity index (χ0v) is 20.9. The van der Waals surface area contributed by atoms with E-state index in [0.29, 0.717) is 0 Å². The summed E-state index contributed by atoms with van der Waals surface area (Å²) in [4.78, 5) is 5.09. The molecule has 3 aromatic carbocycles. The maximum absolute atomic E-state index is 6.57. The van der Waals surface area contributed by atoms with Gasteiger partial charge in [0, 0.05) is 48.9 Å². The Kier molecular flexibility index (Phi) is 4.50. The zero-order valence-electron chi connectivity index (χ0n) is 20.9. The van der Waals surface area contributed by atoms with E-state index >= 15 is 0 Å². The van der Waals surface area contributed by atoms with Crippen molar-refractivity contribution in [3.63, 3.8) is 0 Å². The van der Waals surface area contributed by atoms with E-state index in [1.165, 1.54) is 28.1 Å². The van der Waals surface area contributed by atoms with E-state index in [9.17, 15) is 0 Å². The average Bonchev–Trinajstić information content (AvgIpc) is 3.43. The minimum Gasteiger partial charge on any atom is -0.373 e. The Morgan fingerprint density at radius 1 is 0.714 bits per heavy atom. The number of para-hydroxylation sites is 2. The third-order valence-corrected chi connectivity index (χ3v) is 9.08. The van der Waals surface area contributed by atoms with E-state index in [1.807, 2.05) is 0 Å². The highest BCUT2D eigenvalue weighted by Crippen LogP contribution is 2.64. The summed E-state index contributed by atoms with van der Waals surface area (Å²) < 4.78 is 13.1. The molecule has 4 heteroatoms. The molecule has 2 fully saturated rings. The first-order valence-electron chi connectivity index (χ1n) is 13.0. The molecule has 0 aromatic heterocycles. The predicted octanol–water partition coefficient (Wildman–Crippen LogP) is 5.65. The van der Waals surface area contributed by atoms with Crippen LogP contribution in [0.4, 0.5) is 11.4 Å². The van der Waals surface area contributed by atoms with Gasteiger partial charge in [-0.15, -0.1) is 0 Å². The fraction of sp³-hybridized carbons (Fsp3) is 0.419. The van der Waals surface area contributed by atoms with Crippen molar-refractivity contribution >= 4 is 11.4 Å². The number of nitrogens with zero attached hydrogens (tertiary/aromatic N) is 2. The third kappa shape index (κ3) is 2.99. The lowest BCUT2D eigenvalue weighted by Crippen LogP contribution is -2.61. The van der Waals surface area contributed by atoms with Crippen molar-refractivity contribution < 1.29 is 9.47 Å². The summed E-state index contributed by atoms with van der Waals surface area (Å²) in [7, 11) is 2.26. The summed E-state index contributed by atoms with van der Waals surface area (Å²) in [5, 5.41) is 0. The van der Waals surface area contributed by atoms with Crippen molar-refractivity contribution in [1.29, 1.82) is 0 Å². The van der Waals surface area contributed by atoms with Crippen LogP contribution in [0.1, 0.15) is 43.4 Å². The number of ether oxygens (including phenoxy) is 2. The van der Waals surface area contributed by atoms with Gasteiger partial charge in [0.1, 0.15) is 0 Å². The Morgan fingerprint density at radius 2 is 1.26 bits per heavy atom. The molecule has 1 saturated carbocycles. The number of anilines is 2. The van der Waals surface area contributed by atoms with Crippen molar-refractivity contribution in [1.82, 2.24) is 0 Å². The van der Waals surface area contributed by atoms with E-state index in [0.717, 1.165) is 32.5 Å². The van der Waals surface area contributed by atoms with Gasteiger partial charge in [0.15, 0.2) is 5.79 Å². The van der Waals surface area contributed by atoms with Gasteiger partial charge in [0.05, 0.1) is 12.2 Å². The summed E-state index contributed by atoms with van der Waals surface area (Å²) in [6.07, 6.45) is 2.19. The van der Waals surface area contributed by atoms with Crippen LogP contribution in [0.15, 0.2) is 78.9 Å². The number of rotatable bonds is 2. The first-order valence-corrected chi connectivity index (χ1v) is 13.0. The molecular formula is C31H34N2O2. The normalized spacial score (nSPS) is 32.2. The fourth-order valence-electron chi connectivity index (χ4n) is 7.88. The molecule has 1 aliphatic carbocycles. The monoisotopic (exact) mass is 466 g/mol. The minimum atomic E-state index is -0.534. The zero-order chi connectivity index (χ0) is 23.8. The van der Waals surface area contributed by atoms with Crippen LogP contribution in [-0.4, -0.2) is 38.1 Å². The topological polar surface area (TPSA) is 24.9 Å². The number of benzene rings is 3. The summed E-state index contributed by atoms with van der Waals surface area (Å²) in [5.74, 6) is -0.534. The first-order chi connectivity index (χ1) is 16.9. The summed E-state index contributed by atoms with van der Waals surface area (Å²) in [6.45, 7) is 7.07. The molecule has 2 spiro atoms. The van der Waals surface area contributed by atoms with Crippen LogP contribution in [0.25, 0.3) is 0 Å². The first kappa shape index (κ1) is 21.5. The Labute approximate surface area is 208 Å². The molecule has 0 amide bonds. The van der Waals surface area contributed by atoms with Crippen LogP contribution in [0.5, 0.6) is 0 Å². The number of fused-ring (bicyclic) bond motifs is 6. The molecule has 3 aliphatic heterocycles. The summed E-state index contributed by atoms with van der Waals surface area (Å²) in [6, 6.07) is 29.1. The lowest BCUT2D eigenvalue weighted by atomic mass is 9.51. The van der Waals surface area contributed by atoms with Gasteiger partial charge in [-0.05, 0) is 55.5 Å². The van der Waals surface area contributed by atoms with Crippen molar-refractivity contribution in [2.24, 2.45) is 0 Å². The molecular weight excluding hydrogens is 432 g/mol. The Hall–Kier alpha value is -2.82. The molecule has 35 heavy (non-hydrogen) atoms. The van der Waals surface area contributed by atoms with Crippen LogP contribution in [-0.2, 0) is 26.8 Å². The molecule has 0 radical (unpaired) electrons. The standard InChI is InChI=1S/C31H34N2O2/c1-29(2)34-27-17-30(20-32(3)25-15-9-7-13-23(25)30)31(18-28(27)35-29)21-33(19-22-11-5-4-6-12-22)26-16-10-8-14-24(26)31/h4-16,27-28H,17-21H2,1-3H3/t27-,28-,30-,31-/m1/s1. The van der Waals surface area contributed by atoms with Crippen molar-refractivity contribution in [2.75, 3.05) is 29.9 Å². The Morgan fingerprint density at radius 3 is 1.94 bits per heavy atom. The lowest BCUT2D eigenvalue weighted by Gasteiger charge is -2.53. The van der Waals surface area contributed by atoms with E-state index in [-0.39, 0.29) is 23.0 Å². The van der Waals surface area contributed by atoms with E-state index in [2.05, 4.69) is 110 Å². The molecule has 7 rings (SSSR count). The molecule has 3 heterocycles. The highest BCUT2D eigenvalue weighted by atomic mass is 16.7. The predicted molar refractivity (Wildman–Crippen MR) is 140 cm³/mol. The molecule has 0 N–H and O–H groups in total. The van der Waals surface area contributed by atoms with Crippen LogP contribution in [0.3, 0.4) is 0 Å². The lowest BCUT2D eigenvalue weighted by molar-refractivity contribution is -0.146. The summed E-state index contributed by atoms with van der Waals surface area (Å²) in [5.41, 5.74) is 6.96. The van der Waals surface area contributed by atoms with Crippen molar-refractivity contribution in [2.45, 2.75) is 62.1 Å². The molecule has 3 aromatic rings. The van der Waals surface area contributed by atoms with Crippen molar-refractivity contribution in [3.8, 4) is 0 Å². The van der Waals surface area contributed by atoms with Gasteiger partial charge in [-0.3, -0.25) is 0 Å².